The van der Waals surface area contributed by atoms with Gasteiger partial charge in [-0.1, -0.05) is 34.1 Å². The number of nitrogens with one attached hydrogen (secondary N) is 1. The van der Waals surface area contributed by atoms with E-state index < -0.39 is 0 Å². The van der Waals surface area contributed by atoms with E-state index in [1.54, 1.807) is 11.3 Å². The molecule has 2 unspecified atom stereocenters. The Kier molecular flexibility index (Phi) is 4.33. The highest BCUT2D eigenvalue weighted by Gasteiger charge is 2.37. The van der Waals surface area contributed by atoms with E-state index in [2.05, 4.69) is 45.1 Å². The normalized spacial score (nSPS) is 23.8. The van der Waals surface area contributed by atoms with Crippen LogP contribution in [0.1, 0.15) is 62.6 Å². The molecule has 1 aliphatic rings. The van der Waals surface area contributed by atoms with Crippen molar-refractivity contribution in [1.82, 2.24) is 5.32 Å². The summed E-state index contributed by atoms with van der Waals surface area (Å²) in [5.74, 6) is -0.252. The molecule has 20 heavy (non-hydrogen) atoms. The van der Waals surface area contributed by atoms with Gasteiger partial charge in [0.1, 0.15) is 0 Å². The van der Waals surface area contributed by atoms with Crippen LogP contribution in [0.4, 0.5) is 0 Å². The van der Waals surface area contributed by atoms with Gasteiger partial charge in [0.2, 0.25) is 11.8 Å². The average Bonchev–Trinajstić information content (AvgIpc) is 2.81. The topological polar surface area (TPSA) is 46.2 Å². The molecule has 1 aromatic heterocycles. The molecule has 2 amide bonds. The van der Waals surface area contributed by atoms with Gasteiger partial charge in [-0.2, -0.15) is 0 Å². The third-order valence-electron chi connectivity index (χ3n) is 3.82. The number of rotatable bonds is 3. The van der Waals surface area contributed by atoms with Gasteiger partial charge in [-0.05, 0) is 24.0 Å². The van der Waals surface area contributed by atoms with Crippen molar-refractivity contribution in [2.24, 2.45) is 5.92 Å². The smallest absolute Gasteiger partial charge is 0.230 e. The molecule has 4 heteroatoms. The lowest BCUT2D eigenvalue weighted by molar-refractivity contribution is -0.137. The summed E-state index contributed by atoms with van der Waals surface area (Å²) in [7, 11) is 0. The Balaban J connectivity index is 2.29. The molecule has 0 aromatic carbocycles. The molecule has 110 valence electrons. The summed E-state index contributed by atoms with van der Waals surface area (Å²) in [5.41, 5.74) is 0.115. The molecular formula is C16H23NO2S. The zero-order chi connectivity index (χ0) is 14.9. The molecule has 0 saturated carbocycles. The molecule has 1 saturated heterocycles. The SMILES string of the molecule is CCCC1C(=O)NC(=O)CC1c1ccc(C(C)(C)C)s1. The lowest BCUT2D eigenvalue weighted by Crippen LogP contribution is -2.44. The molecule has 1 aromatic rings. The monoisotopic (exact) mass is 293 g/mol. The Hall–Kier alpha value is -1.16. The van der Waals surface area contributed by atoms with Crippen molar-refractivity contribution < 1.29 is 9.59 Å². The zero-order valence-corrected chi connectivity index (χ0v) is 13.5. The predicted octanol–water partition coefficient (Wildman–Crippen LogP) is 3.59. The van der Waals surface area contributed by atoms with Gasteiger partial charge in [-0.25, -0.2) is 0 Å². The van der Waals surface area contributed by atoms with Crippen molar-refractivity contribution in [3.05, 3.63) is 21.9 Å². The molecule has 0 radical (unpaired) electrons. The zero-order valence-electron chi connectivity index (χ0n) is 12.7. The van der Waals surface area contributed by atoms with Gasteiger partial charge in [0.25, 0.3) is 0 Å². The first-order valence-corrected chi connectivity index (χ1v) is 8.08. The van der Waals surface area contributed by atoms with Gasteiger partial charge < -0.3 is 0 Å². The van der Waals surface area contributed by atoms with Gasteiger partial charge >= 0.3 is 0 Å². The molecule has 0 aliphatic carbocycles. The second-order valence-corrected chi connectivity index (χ2v) is 7.69. The Morgan fingerprint density at radius 3 is 2.55 bits per heavy atom. The third kappa shape index (κ3) is 3.11. The van der Waals surface area contributed by atoms with Gasteiger partial charge in [-0.3, -0.25) is 14.9 Å². The fourth-order valence-electron chi connectivity index (χ4n) is 2.70. The highest BCUT2D eigenvalue weighted by atomic mass is 32.1. The summed E-state index contributed by atoms with van der Waals surface area (Å²) in [4.78, 5) is 26.2. The molecule has 2 heterocycles. The number of amides is 2. The first kappa shape index (κ1) is 15.2. The van der Waals surface area contributed by atoms with Crippen LogP contribution in [0.2, 0.25) is 0 Å². The van der Waals surface area contributed by atoms with Gasteiger partial charge in [0.15, 0.2) is 0 Å². The van der Waals surface area contributed by atoms with Crippen LogP contribution in [0.3, 0.4) is 0 Å². The molecule has 2 atom stereocenters. The van der Waals surface area contributed by atoms with E-state index in [1.165, 1.54) is 9.75 Å². The molecule has 3 nitrogen and oxygen atoms in total. The molecule has 0 bridgehead atoms. The minimum atomic E-state index is -0.141. The van der Waals surface area contributed by atoms with Crippen molar-refractivity contribution >= 4 is 23.2 Å². The fourth-order valence-corrected chi connectivity index (χ4v) is 3.93. The summed E-state index contributed by atoms with van der Waals surface area (Å²) in [6.07, 6.45) is 2.23. The second kappa shape index (κ2) is 5.68. The number of hydrogen-bond donors (Lipinski definition) is 1. The number of thiophene rings is 1. The molecule has 1 aliphatic heterocycles. The number of carbonyl (C=O) groups excluding carboxylic acids is 2. The van der Waals surface area contributed by atoms with Crippen molar-refractivity contribution in [2.75, 3.05) is 0 Å². The van der Waals surface area contributed by atoms with Gasteiger partial charge in [-0.15, -0.1) is 11.3 Å². The highest BCUT2D eigenvalue weighted by molar-refractivity contribution is 7.12. The van der Waals surface area contributed by atoms with Crippen molar-refractivity contribution in [1.29, 1.82) is 0 Å². The van der Waals surface area contributed by atoms with E-state index in [0.29, 0.717) is 6.42 Å². The quantitative estimate of drug-likeness (QED) is 0.866. The van der Waals surface area contributed by atoms with E-state index in [0.717, 1.165) is 12.8 Å². The van der Waals surface area contributed by atoms with Crippen LogP contribution in [0.15, 0.2) is 12.1 Å². The molecule has 0 spiro atoms. The largest absolute Gasteiger partial charge is 0.296 e. The Morgan fingerprint density at radius 2 is 2.00 bits per heavy atom. The Bertz CT molecular complexity index is 513. The van der Waals surface area contributed by atoms with Crippen LogP contribution in [0, 0.1) is 5.92 Å². The van der Waals surface area contributed by atoms with Gasteiger partial charge in [0, 0.05) is 28.0 Å². The lowest BCUT2D eigenvalue weighted by Gasteiger charge is -2.29. The van der Waals surface area contributed by atoms with Crippen molar-refractivity contribution in [3.63, 3.8) is 0 Å². The summed E-state index contributed by atoms with van der Waals surface area (Å²) in [6, 6.07) is 4.24. The number of hydrogen-bond acceptors (Lipinski definition) is 3. The summed E-state index contributed by atoms with van der Waals surface area (Å²) in [5, 5.41) is 2.48. The van der Waals surface area contributed by atoms with Crippen LogP contribution < -0.4 is 5.32 Å². The summed E-state index contributed by atoms with van der Waals surface area (Å²) < 4.78 is 0. The molecule has 1 fully saturated rings. The summed E-state index contributed by atoms with van der Waals surface area (Å²) in [6.45, 7) is 8.64. The summed E-state index contributed by atoms with van der Waals surface area (Å²) >= 11 is 1.75. The third-order valence-corrected chi connectivity index (χ3v) is 5.46. The van der Waals surface area contributed by atoms with Crippen molar-refractivity contribution in [2.45, 2.75) is 58.3 Å². The van der Waals surface area contributed by atoms with E-state index in [9.17, 15) is 9.59 Å². The molecular weight excluding hydrogens is 270 g/mol. The van der Waals surface area contributed by atoms with E-state index >= 15 is 0 Å². The van der Waals surface area contributed by atoms with E-state index in [4.69, 9.17) is 0 Å². The number of imide groups is 1. The Morgan fingerprint density at radius 1 is 1.30 bits per heavy atom. The van der Waals surface area contributed by atoms with Crippen LogP contribution >= 0.6 is 11.3 Å². The first-order chi connectivity index (χ1) is 9.32. The lowest BCUT2D eigenvalue weighted by atomic mass is 9.81. The highest BCUT2D eigenvalue weighted by Crippen LogP contribution is 2.40. The van der Waals surface area contributed by atoms with Crippen LogP contribution in [0.5, 0.6) is 0 Å². The van der Waals surface area contributed by atoms with Crippen LogP contribution in [0.25, 0.3) is 0 Å². The predicted molar refractivity (Wildman–Crippen MR) is 81.9 cm³/mol. The maximum atomic E-state index is 12.1. The minimum Gasteiger partial charge on any atom is -0.296 e. The molecule has 2 rings (SSSR count). The van der Waals surface area contributed by atoms with E-state index in [-0.39, 0.29) is 29.1 Å². The number of piperidine rings is 1. The maximum absolute atomic E-state index is 12.1. The van der Waals surface area contributed by atoms with Crippen LogP contribution in [-0.2, 0) is 15.0 Å². The Labute approximate surface area is 124 Å². The standard InChI is InChI=1S/C16H23NO2S/c1-5-6-10-11(9-14(18)17-15(10)19)12-7-8-13(20-12)16(2,3)4/h7-8,10-11H,5-6,9H2,1-4H3,(H,17,18,19). The number of carbonyl (C=O) groups is 2. The van der Waals surface area contributed by atoms with Crippen molar-refractivity contribution in [3.8, 4) is 0 Å². The van der Waals surface area contributed by atoms with Gasteiger partial charge in [0.05, 0.1) is 0 Å². The minimum absolute atomic E-state index is 0.0531. The maximum Gasteiger partial charge on any atom is 0.230 e. The average molecular weight is 293 g/mol. The van der Waals surface area contributed by atoms with Crippen LogP contribution in [-0.4, -0.2) is 11.8 Å². The van der Waals surface area contributed by atoms with E-state index in [1.807, 2.05) is 0 Å². The first-order valence-electron chi connectivity index (χ1n) is 7.27. The second-order valence-electron chi connectivity index (χ2n) is 6.57. The fraction of sp³-hybridized carbons (Fsp3) is 0.625. The molecule has 1 N–H and O–H groups in total.